The summed E-state index contributed by atoms with van der Waals surface area (Å²) >= 11 is 6.29. The average molecular weight is 478 g/mol. The van der Waals surface area contributed by atoms with Gasteiger partial charge in [0.1, 0.15) is 11.8 Å². The number of carbonyl (C=O) groups excluding carboxylic acids is 2. The molecule has 0 heterocycles. The van der Waals surface area contributed by atoms with Crippen molar-refractivity contribution in [3.8, 4) is 11.5 Å². The molecule has 0 saturated heterocycles. The normalized spacial score (nSPS) is 11.4. The lowest BCUT2D eigenvalue weighted by Crippen LogP contribution is -2.50. The molecule has 0 fully saturated rings. The van der Waals surface area contributed by atoms with E-state index in [1.807, 2.05) is 19.9 Å². The molecule has 2 aromatic carbocycles. The van der Waals surface area contributed by atoms with Gasteiger partial charge >= 0.3 is 5.69 Å². The van der Waals surface area contributed by atoms with Crippen LogP contribution < -0.4 is 14.8 Å². The highest BCUT2D eigenvalue weighted by Gasteiger charge is 2.29. The van der Waals surface area contributed by atoms with Gasteiger partial charge < -0.3 is 19.7 Å². The maximum atomic E-state index is 13.2. The highest BCUT2D eigenvalue weighted by Crippen LogP contribution is 2.31. The number of nitro benzene ring substituents is 1. The predicted octanol–water partition coefficient (Wildman–Crippen LogP) is 3.97. The Hall–Kier alpha value is -3.33. The standard InChI is InChI=1S/C23H28ClN3O6/c1-4-12-25-23(29)19(5-2)26(14-16-8-6-7-9-18(16)24)22(28)15-33-17-10-11-20(27(30)31)21(13-17)32-3/h6-11,13,19H,4-5,12,14-15H2,1-3H3,(H,25,29). The number of halogens is 1. The van der Waals surface area contributed by atoms with Crippen LogP contribution in [-0.4, -0.2) is 47.9 Å². The fraction of sp³-hybridized carbons (Fsp3) is 0.391. The smallest absolute Gasteiger partial charge is 0.311 e. The number of amides is 2. The van der Waals surface area contributed by atoms with Gasteiger partial charge in [0.05, 0.1) is 12.0 Å². The summed E-state index contributed by atoms with van der Waals surface area (Å²) < 4.78 is 10.6. The Morgan fingerprint density at radius 2 is 1.94 bits per heavy atom. The molecule has 33 heavy (non-hydrogen) atoms. The summed E-state index contributed by atoms with van der Waals surface area (Å²) in [6.45, 7) is 4.03. The van der Waals surface area contributed by atoms with E-state index in [-0.39, 0.29) is 36.2 Å². The first-order chi connectivity index (χ1) is 15.8. The Morgan fingerprint density at radius 1 is 1.21 bits per heavy atom. The summed E-state index contributed by atoms with van der Waals surface area (Å²) in [6, 6.07) is 10.4. The first kappa shape index (κ1) is 25.9. The summed E-state index contributed by atoms with van der Waals surface area (Å²) in [5, 5.41) is 14.4. The van der Waals surface area contributed by atoms with Gasteiger partial charge in [-0.3, -0.25) is 19.7 Å². The van der Waals surface area contributed by atoms with Gasteiger partial charge in [-0.1, -0.05) is 43.6 Å². The van der Waals surface area contributed by atoms with Crippen molar-refractivity contribution < 1.29 is 24.0 Å². The molecular weight excluding hydrogens is 450 g/mol. The zero-order valence-corrected chi connectivity index (χ0v) is 19.6. The van der Waals surface area contributed by atoms with Gasteiger partial charge in [-0.05, 0) is 30.5 Å². The fourth-order valence-corrected chi connectivity index (χ4v) is 3.42. The minimum atomic E-state index is -0.713. The summed E-state index contributed by atoms with van der Waals surface area (Å²) in [7, 11) is 1.31. The summed E-state index contributed by atoms with van der Waals surface area (Å²) in [6.07, 6.45) is 1.17. The van der Waals surface area contributed by atoms with Crippen LogP contribution in [0.3, 0.4) is 0 Å². The number of carbonyl (C=O) groups is 2. The summed E-state index contributed by atoms with van der Waals surface area (Å²) in [5.74, 6) is -0.433. The summed E-state index contributed by atoms with van der Waals surface area (Å²) in [5.41, 5.74) is 0.487. The molecular formula is C23H28ClN3O6. The van der Waals surface area contributed by atoms with Crippen LogP contribution in [0.15, 0.2) is 42.5 Å². The first-order valence-electron chi connectivity index (χ1n) is 10.6. The molecule has 2 rings (SSSR count). The van der Waals surface area contributed by atoms with E-state index in [0.717, 1.165) is 6.42 Å². The number of rotatable bonds is 12. The Kier molecular flexibility index (Phi) is 9.93. The number of methoxy groups -OCH3 is 1. The number of nitro groups is 1. The monoisotopic (exact) mass is 477 g/mol. The van der Waals surface area contributed by atoms with Gasteiger partial charge in [0.25, 0.3) is 5.91 Å². The molecule has 10 heteroatoms. The van der Waals surface area contributed by atoms with E-state index in [2.05, 4.69) is 5.32 Å². The summed E-state index contributed by atoms with van der Waals surface area (Å²) in [4.78, 5) is 37.9. The predicted molar refractivity (Wildman–Crippen MR) is 125 cm³/mol. The van der Waals surface area contributed by atoms with Gasteiger partial charge in [0.15, 0.2) is 6.61 Å². The molecule has 0 aliphatic rings. The Labute approximate surface area is 197 Å². The molecule has 1 unspecified atom stereocenters. The van der Waals surface area contributed by atoms with Crippen molar-refractivity contribution in [2.24, 2.45) is 0 Å². The molecule has 178 valence electrons. The Balaban J connectivity index is 2.24. The third kappa shape index (κ3) is 7.08. The van der Waals surface area contributed by atoms with E-state index in [1.54, 1.807) is 18.2 Å². The second kappa shape index (κ2) is 12.6. The van der Waals surface area contributed by atoms with Crippen molar-refractivity contribution in [1.29, 1.82) is 0 Å². The second-order valence-electron chi connectivity index (χ2n) is 7.21. The fourth-order valence-electron chi connectivity index (χ4n) is 3.22. The van der Waals surface area contributed by atoms with Gasteiger partial charge in [-0.25, -0.2) is 0 Å². The van der Waals surface area contributed by atoms with E-state index in [0.29, 0.717) is 23.6 Å². The van der Waals surface area contributed by atoms with Gasteiger partial charge in [0.2, 0.25) is 11.7 Å². The minimum absolute atomic E-state index is 0.0169. The molecule has 2 amide bonds. The van der Waals surface area contributed by atoms with E-state index in [9.17, 15) is 19.7 Å². The molecule has 9 nitrogen and oxygen atoms in total. The highest BCUT2D eigenvalue weighted by molar-refractivity contribution is 6.31. The third-order valence-electron chi connectivity index (χ3n) is 4.94. The lowest BCUT2D eigenvalue weighted by atomic mass is 10.1. The number of nitrogens with one attached hydrogen (secondary N) is 1. The lowest BCUT2D eigenvalue weighted by Gasteiger charge is -2.30. The first-order valence-corrected chi connectivity index (χ1v) is 11.0. The molecule has 2 aromatic rings. The molecule has 1 N–H and O–H groups in total. The third-order valence-corrected chi connectivity index (χ3v) is 5.31. The van der Waals surface area contributed by atoms with Crippen molar-refractivity contribution in [2.45, 2.75) is 39.3 Å². The van der Waals surface area contributed by atoms with Crippen molar-refractivity contribution in [3.63, 3.8) is 0 Å². The van der Waals surface area contributed by atoms with Gasteiger partial charge in [0, 0.05) is 30.2 Å². The number of benzene rings is 2. The average Bonchev–Trinajstić information content (AvgIpc) is 2.81. The minimum Gasteiger partial charge on any atom is -0.490 e. The van der Waals surface area contributed by atoms with E-state index in [1.165, 1.54) is 30.2 Å². The number of hydrogen-bond donors (Lipinski definition) is 1. The molecule has 0 saturated carbocycles. The van der Waals surface area contributed by atoms with Crippen LogP contribution in [0.2, 0.25) is 5.02 Å². The molecule has 0 aromatic heterocycles. The number of hydrogen-bond acceptors (Lipinski definition) is 6. The highest BCUT2D eigenvalue weighted by atomic mass is 35.5. The van der Waals surface area contributed by atoms with E-state index in [4.69, 9.17) is 21.1 Å². The van der Waals surface area contributed by atoms with Crippen LogP contribution in [0.25, 0.3) is 0 Å². The largest absolute Gasteiger partial charge is 0.490 e. The van der Waals surface area contributed by atoms with Crippen LogP contribution in [0.1, 0.15) is 32.3 Å². The lowest BCUT2D eigenvalue weighted by molar-refractivity contribution is -0.385. The van der Waals surface area contributed by atoms with Crippen molar-refractivity contribution in [2.75, 3.05) is 20.3 Å². The van der Waals surface area contributed by atoms with Gasteiger partial charge in [-0.15, -0.1) is 0 Å². The van der Waals surface area contributed by atoms with Crippen LogP contribution >= 0.6 is 11.6 Å². The van der Waals surface area contributed by atoms with Crippen LogP contribution in [0, 0.1) is 10.1 Å². The van der Waals surface area contributed by atoms with Crippen molar-refractivity contribution in [3.05, 3.63) is 63.2 Å². The van der Waals surface area contributed by atoms with Crippen LogP contribution in [0.4, 0.5) is 5.69 Å². The molecule has 0 radical (unpaired) electrons. The quantitative estimate of drug-likeness (QED) is 0.365. The SMILES string of the molecule is CCCNC(=O)C(CC)N(Cc1ccccc1Cl)C(=O)COc1ccc([N+](=O)[O-])c(OC)c1. The zero-order chi connectivity index (χ0) is 24.4. The molecule has 1 atom stereocenters. The topological polar surface area (TPSA) is 111 Å². The molecule has 0 aliphatic carbocycles. The molecule has 0 aliphatic heterocycles. The van der Waals surface area contributed by atoms with E-state index >= 15 is 0 Å². The Bertz CT molecular complexity index is 984. The number of nitrogens with zero attached hydrogens (tertiary/aromatic N) is 2. The van der Waals surface area contributed by atoms with Crippen LogP contribution in [0.5, 0.6) is 11.5 Å². The van der Waals surface area contributed by atoms with Gasteiger partial charge in [-0.2, -0.15) is 0 Å². The maximum absolute atomic E-state index is 13.2. The van der Waals surface area contributed by atoms with Crippen molar-refractivity contribution >= 4 is 29.1 Å². The van der Waals surface area contributed by atoms with Crippen LogP contribution in [-0.2, 0) is 16.1 Å². The maximum Gasteiger partial charge on any atom is 0.311 e. The molecule has 0 bridgehead atoms. The zero-order valence-electron chi connectivity index (χ0n) is 18.9. The molecule has 0 spiro atoms. The second-order valence-corrected chi connectivity index (χ2v) is 7.61. The van der Waals surface area contributed by atoms with Crippen molar-refractivity contribution in [1.82, 2.24) is 10.2 Å². The number of ether oxygens (including phenoxy) is 2. The Morgan fingerprint density at radius 3 is 2.55 bits per heavy atom. The van der Waals surface area contributed by atoms with E-state index < -0.39 is 16.9 Å².